The van der Waals surface area contributed by atoms with Gasteiger partial charge in [0.05, 0.1) is 0 Å². The molecule has 50 valence electrons. The Morgan fingerprint density at radius 3 is 2.62 bits per heavy atom. The fraction of sp³-hybridized carbons (Fsp3) is 1.00. The summed E-state index contributed by atoms with van der Waals surface area (Å²) >= 11 is 5.50. The van der Waals surface area contributed by atoms with Crippen LogP contribution < -0.4 is 5.32 Å². The van der Waals surface area contributed by atoms with E-state index in [-0.39, 0.29) is 0 Å². The second-order valence-electron chi connectivity index (χ2n) is 2.14. The Kier molecular flexibility index (Phi) is 5.56. The van der Waals surface area contributed by atoms with Gasteiger partial charge in [0.1, 0.15) is 0 Å². The third kappa shape index (κ3) is 4.41. The lowest BCUT2D eigenvalue weighted by Crippen LogP contribution is -2.16. The zero-order chi connectivity index (χ0) is 6.41. The van der Waals surface area contributed by atoms with Gasteiger partial charge in [0, 0.05) is 5.88 Å². The Morgan fingerprint density at radius 1 is 1.62 bits per heavy atom. The van der Waals surface area contributed by atoms with Gasteiger partial charge >= 0.3 is 0 Å². The lowest BCUT2D eigenvalue weighted by molar-refractivity contribution is 0.531. The van der Waals surface area contributed by atoms with Crippen molar-refractivity contribution in [3.63, 3.8) is 0 Å². The fourth-order valence-corrected chi connectivity index (χ4v) is 1.01. The van der Waals surface area contributed by atoms with Crippen LogP contribution in [0.3, 0.4) is 0 Å². The first kappa shape index (κ1) is 8.25. The van der Waals surface area contributed by atoms with Crippen LogP contribution in [0.5, 0.6) is 0 Å². The van der Waals surface area contributed by atoms with Gasteiger partial charge in [-0.15, -0.1) is 11.6 Å². The summed E-state index contributed by atoms with van der Waals surface area (Å²) in [6, 6.07) is 0. The van der Waals surface area contributed by atoms with E-state index in [1.165, 1.54) is 0 Å². The summed E-state index contributed by atoms with van der Waals surface area (Å²) in [4.78, 5) is 0. The molecule has 0 spiro atoms. The topological polar surface area (TPSA) is 12.0 Å². The van der Waals surface area contributed by atoms with Crippen molar-refractivity contribution in [2.24, 2.45) is 5.92 Å². The van der Waals surface area contributed by atoms with Crippen LogP contribution in [0.15, 0.2) is 0 Å². The quantitative estimate of drug-likeness (QED) is 0.576. The number of rotatable bonds is 4. The van der Waals surface area contributed by atoms with Crippen molar-refractivity contribution in [1.29, 1.82) is 0 Å². The van der Waals surface area contributed by atoms with Crippen LogP contribution in [0.2, 0.25) is 0 Å². The van der Waals surface area contributed by atoms with Gasteiger partial charge in [-0.05, 0) is 25.9 Å². The Bertz CT molecular complexity index is 41.8. The van der Waals surface area contributed by atoms with E-state index in [0.717, 1.165) is 24.8 Å². The van der Waals surface area contributed by atoms with Gasteiger partial charge < -0.3 is 5.32 Å². The molecule has 0 aromatic heterocycles. The molecule has 0 aliphatic carbocycles. The highest BCUT2D eigenvalue weighted by molar-refractivity contribution is 6.17. The van der Waals surface area contributed by atoms with E-state index in [1.54, 1.807) is 0 Å². The monoisotopic (exact) mass is 135 g/mol. The highest BCUT2D eigenvalue weighted by Gasteiger charge is 1.96. The number of nitrogens with one attached hydrogen (secondary N) is 1. The van der Waals surface area contributed by atoms with Gasteiger partial charge in [0.25, 0.3) is 0 Å². The first-order valence-corrected chi connectivity index (χ1v) is 3.55. The molecule has 0 saturated carbocycles. The normalized spacial score (nSPS) is 13.9. The van der Waals surface area contributed by atoms with Gasteiger partial charge in [0.15, 0.2) is 0 Å². The first-order valence-electron chi connectivity index (χ1n) is 3.01. The minimum absolute atomic E-state index is 0.720. The Balaban J connectivity index is 2.92. The Labute approximate surface area is 56.4 Å². The summed E-state index contributed by atoms with van der Waals surface area (Å²) in [5.74, 6) is 1.50. The molecule has 1 N–H and O–H groups in total. The van der Waals surface area contributed by atoms with E-state index in [0.29, 0.717) is 0 Å². The second kappa shape index (κ2) is 5.39. The average Bonchev–Trinajstić information content (AvgIpc) is 1.68. The van der Waals surface area contributed by atoms with E-state index >= 15 is 0 Å². The summed E-state index contributed by atoms with van der Waals surface area (Å²) in [7, 11) is 1.96. The summed E-state index contributed by atoms with van der Waals surface area (Å²) in [6.07, 6.45) is 1.11. The highest BCUT2D eigenvalue weighted by atomic mass is 35.5. The number of alkyl halides is 1. The predicted octanol–water partition coefficient (Wildman–Crippen LogP) is 1.47. The van der Waals surface area contributed by atoms with Gasteiger partial charge in [-0.1, -0.05) is 6.92 Å². The van der Waals surface area contributed by atoms with Crippen molar-refractivity contribution < 1.29 is 0 Å². The van der Waals surface area contributed by atoms with Crippen LogP contribution in [0.4, 0.5) is 0 Å². The van der Waals surface area contributed by atoms with Crippen LogP contribution in [0.1, 0.15) is 13.3 Å². The van der Waals surface area contributed by atoms with E-state index in [4.69, 9.17) is 11.6 Å². The van der Waals surface area contributed by atoms with Gasteiger partial charge in [-0.3, -0.25) is 0 Å². The third-order valence-corrected chi connectivity index (χ3v) is 1.37. The molecule has 0 aromatic carbocycles. The lowest BCUT2D eigenvalue weighted by Gasteiger charge is -2.06. The SMILES string of the molecule is CNCC(C)CCCl. The molecule has 0 aliphatic rings. The molecular weight excluding hydrogens is 122 g/mol. The summed E-state index contributed by atoms with van der Waals surface area (Å²) in [6.45, 7) is 3.27. The second-order valence-corrected chi connectivity index (χ2v) is 2.52. The van der Waals surface area contributed by atoms with E-state index < -0.39 is 0 Å². The molecule has 0 bridgehead atoms. The molecule has 0 fully saturated rings. The summed E-state index contributed by atoms with van der Waals surface area (Å²) < 4.78 is 0. The molecule has 0 rings (SSSR count). The molecule has 1 nitrogen and oxygen atoms in total. The van der Waals surface area contributed by atoms with Crippen LogP contribution in [-0.2, 0) is 0 Å². The zero-order valence-electron chi connectivity index (χ0n) is 5.58. The van der Waals surface area contributed by atoms with Crippen molar-refractivity contribution in [1.82, 2.24) is 5.32 Å². The molecule has 1 atom stereocenters. The van der Waals surface area contributed by atoms with E-state index in [9.17, 15) is 0 Å². The molecule has 2 heteroatoms. The molecule has 0 aromatic rings. The molecule has 0 radical (unpaired) electrons. The van der Waals surface area contributed by atoms with Crippen molar-refractivity contribution >= 4 is 11.6 Å². The zero-order valence-corrected chi connectivity index (χ0v) is 6.33. The minimum atomic E-state index is 0.720. The van der Waals surface area contributed by atoms with Crippen LogP contribution in [0, 0.1) is 5.92 Å². The molecule has 0 heterocycles. The fourth-order valence-electron chi connectivity index (χ4n) is 0.637. The van der Waals surface area contributed by atoms with Gasteiger partial charge in [-0.2, -0.15) is 0 Å². The minimum Gasteiger partial charge on any atom is -0.319 e. The smallest absolute Gasteiger partial charge is 0.0226 e. The summed E-state index contributed by atoms with van der Waals surface area (Å²) in [5.41, 5.74) is 0. The van der Waals surface area contributed by atoms with Crippen LogP contribution in [0.25, 0.3) is 0 Å². The molecular formula is C6H14ClN. The summed E-state index contributed by atoms with van der Waals surface area (Å²) in [5, 5.41) is 3.09. The van der Waals surface area contributed by atoms with Crippen LogP contribution in [-0.4, -0.2) is 19.5 Å². The molecule has 0 amide bonds. The number of halogens is 1. The molecule has 0 saturated heterocycles. The maximum absolute atomic E-state index is 5.50. The average molecular weight is 136 g/mol. The van der Waals surface area contributed by atoms with E-state index in [2.05, 4.69) is 12.2 Å². The maximum Gasteiger partial charge on any atom is 0.0226 e. The van der Waals surface area contributed by atoms with E-state index in [1.807, 2.05) is 7.05 Å². The maximum atomic E-state index is 5.50. The first-order chi connectivity index (χ1) is 3.81. The third-order valence-electron chi connectivity index (χ3n) is 1.15. The predicted molar refractivity (Wildman–Crippen MR) is 38.4 cm³/mol. The number of hydrogen-bond donors (Lipinski definition) is 1. The van der Waals surface area contributed by atoms with Crippen LogP contribution >= 0.6 is 11.6 Å². The standard InChI is InChI=1S/C6H14ClN/c1-6(3-4-7)5-8-2/h6,8H,3-5H2,1-2H3. The molecule has 8 heavy (non-hydrogen) atoms. The van der Waals surface area contributed by atoms with Gasteiger partial charge in [-0.25, -0.2) is 0 Å². The lowest BCUT2D eigenvalue weighted by atomic mass is 10.1. The van der Waals surface area contributed by atoms with Crippen molar-refractivity contribution in [2.45, 2.75) is 13.3 Å². The number of hydrogen-bond acceptors (Lipinski definition) is 1. The van der Waals surface area contributed by atoms with Crippen molar-refractivity contribution in [3.8, 4) is 0 Å². The Morgan fingerprint density at radius 2 is 2.25 bits per heavy atom. The highest BCUT2D eigenvalue weighted by Crippen LogP contribution is 1.99. The van der Waals surface area contributed by atoms with Crippen molar-refractivity contribution in [2.75, 3.05) is 19.5 Å². The molecule has 0 aliphatic heterocycles. The van der Waals surface area contributed by atoms with Gasteiger partial charge in [0.2, 0.25) is 0 Å². The van der Waals surface area contributed by atoms with Crippen molar-refractivity contribution in [3.05, 3.63) is 0 Å². The Hall–Kier alpha value is 0.250. The largest absolute Gasteiger partial charge is 0.319 e. The molecule has 1 unspecified atom stereocenters.